The van der Waals surface area contributed by atoms with Gasteiger partial charge in [0.2, 0.25) is 0 Å². The van der Waals surface area contributed by atoms with Crippen LogP contribution in [0.2, 0.25) is 0 Å². The topological polar surface area (TPSA) is 15.3 Å². The third-order valence-electron chi connectivity index (χ3n) is 3.26. The van der Waals surface area contributed by atoms with Crippen LogP contribution in [0.1, 0.15) is 39.2 Å². The van der Waals surface area contributed by atoms with E-state index in [2.05, 4.69) is 72.2 Å². The van der Waals surface area contributed by atoms with Crippen LogP contribution in [-0.2, 0) is 6.54 Å². The van der Waals surface area contributed by atoms with Gasteiger partial charge in [-0.05, 0) is 43.0 Å². The molecule has 2 nitrogen and oxygen atoms in total. The van der Waals surface area contributed by atoms with Crippen molar-refractivity contribution in [2.45, 2.75) is 40.2 Å². The predicted molar refractivity (Wildman–Crippen MR) is 88.9 cm³/mol. The zero-order chi connectivity index (χ0) is 14.3. The lowest BCUT2D eigenvalue weighted by molar-refractivity contribution is 0.585. The maximum Gasteiger partial charge on any atom is 0.0375 e. The fourth-order valence-corrected chi connectivity index (χ4v) is 2.40. The molecular weight excluding hydrogens is 300 g/mol. The molecule has 19 heavy (non-hydrogen) atoms. The molecule has 0 saturated carbocycles. The van der Waals surface area contributed by atoms with E-state index >= 15 is 0 Å². The molecule has 0 aliphatic carbocycles. The fourth-order valence-electron chi connectivity index (χ4n) is 1.90. The summed E-state index contributed by atoms with van der Waals surface area (Å²) in [5.74, 6) is 0.753. The lowest BCUT2D eigenvalue weighted by Gasteiger charge is -2.21. The van der Waals surface area contributed by atoms with Crippen molar-refractivity contribution in [3.8, 4) is 0 Å². The number of benzene rings is 1. The molecule has 0 heterocycles. The Bertz CT molecular complexity index is 377. The number of halogens is 1. The Labute approximate surface area is 126 Å². The molecule has 0 aliphatic rings. The minimum Gasteiger partial charge on any atom is -0.375 e. The lowest BCUT2D eigenvalue weighted by atomic mass is 10.1. The van der Waals surface area contributed by atoms with Gasteiger partial charge in [-0.2, -0.15) is 0 Å². The van der Waals surface area contributed by atoms with Gasteiger partial charge >= 0.3 is 0 Å². The van der Waals surface area contributed by atoms with Gasteiger partial charge in [0.25, 0.3) is 0 Å². The maximum absolute atomic E-state index is 3.68. The van der Waals surface area contributed by atoms with Crippen molar-refractivity contribution in [1.29, 1.82) is 0 Å². The number of hydrogen-bond donors (Lipinski definition) is 1. The van der Waals surface area contributed by atoms with Gasteiger partial charge in [-0.1, -0.05) is 42.8 Å². The summed E-state index contributed by atoms with van der Waals surface area (Å²) in [6.45, 7) is 9.85. The van der Waals surface area contributed by atoms with Gasteiger partial charge < -0.3 is 10.2 Å². The molecule has 0 amide bonds. The fraction of sp³-hybridized carbons (Fsp3) is 0.625. The van der Waals surface area contributed by atoms with E-state index in [9.17, 15) is 0 Å². The average molecular weight is 327 g/mol. The van der Waals surface area contributed by atoms with Crippen molar-refractivity contribution < 1.29 is 0 Å². The van der Waals surface area contributed by atoms with Crippen molar-refractivity contribution in [2.24, 2.45) is 5.92 Å². The first-order valence-corrected chi connectivity index (χ1v) is 8.04. The van der Waals surface area contributed by atoms with Crippen molar-refractivity contribution in [1.82, 2.24) is 5.32 Å². The third-order valence-corrected chi connectivity index (χ3v) is 4.00. The molecule has 1 rings (SSSR count). The van der Waals surface area contributed by atoms with Gasteiger partial charge in [-0.15, -0.1) is 0 Å². The number of anilines is 1. The summed E-state index contributed by atoms with van der Waals surface area (Å²) in [5, 5.41) is 3.44. The summed E-state index contributed by atoms with van der Waals surface area (Å²) in [6, 6.07) is 6.66. The number of nitrogens with one attached hydrogen (secondary N) is 1. The second kappa shape index (κ2) is 8.60. The van der Waals surface area contributed by atoms with E-state index in [0.717, 1.165) is 25.6 Å². The van der Waals surface area contributed by atoms with E-state index in [1.807, 2.05) is 0 Å². The highest BCUT2D eigenvalue weighted by molar-refractivity contribution is 9.10. The first-order chi connectivity index (χ1) is 9.04. The maximum atomic E-state index is 3.68. The molecule has 0 fully saturated rings. The largest absolute Gasteiger partial charge is 0.375 e. The SMILES string of the molecule is CCCNCc1ccc(N(C)CCC(C)C)cc1Br. The molecule has 0 aliphatic heterocycles. The monoisotopic (exact) mass is 326 g/mol. The molecular formula is C16H27BrN2. The molecule has 0 unspecified atom stereocenters. The third kappa shape index (κ3) is 5.96. The normalized spacial score (nSPS) is 11.1. The Balaban J connectivity index is 2.59. The molecule has 1 N–H and O–H groups in total. The van der Waals surface area contributed by atoms with Gasteiger partial charge in [0, 0.05) is 30.3 Å². The quantitative estimate of drug-likeness (QED) is 0.711. The summed E-state index contributed by atoms with van der Waals surface area (Å²) >= 11 is 3.68. The molecule has 1 aromatic rings. The van der Waals surface area contributed by atoms with Crippen molar-refractivity contribution in [3.63, 3.8) is 0 Å². The molecule has 1 aromatic carbocycles. The van der Waals surface area contributed by atoms with Gasteiger partial charge in [0.05, 0.1) is 0 Å². The zero-order valence-corrected chi connectivity index (χ0v) is 14.3. The van der Waals surface area contributed by atoms with Crippen molar-refractivity contribution >= 4 is 21.6 Å². The Morgan fingerprint density at radius 2 is 2.05 bits per heavy atom. The van der Waals surface area contributed by atoms with Crippen LogP contribution in [0.3, 0.4) is 0 Å². The molecule has 0 bridgehead atoms. The summed E-state index contributed by atoms with van der Waals surface area (Å²) in [4.78, 5) is 2.33. The van der Waals surface area contributed by atoms with Crippen LogP contribution in [-0.4, -0.2) is 20.1 Å². The van der Waals surface area contributed by atoms with E-state index < -0.39 is 0 Å². The molecule has 0 aromatic heterocycles. The van der Waals surface area contributed by atoms with E-state index in [-0.39, 0.29) is 0 Å². The highest BCUT2D eigenvalue weighted by atomic mass is 79.9. The standard InChI is InChI=1S/C16H27BrN2/c1-5-9-18-12-14-6-7-15(11-16(14)17)19(4)10-8-13(2)3/h6-7,11,13,18H,5,8-10,12H2,1-4H3. The van der Waals surface area contributed by atoms with Gasteiger partial charge in [-0.3, -0.25) is 0 Å². The van der Waals surface area contributed by atoms with E-state index in [1.54, 1.807) is 0 Å². The highest BCUT2D eigenvalue weighted by Gasteiger charge is 2.06. The number of nitrogens with zero attached hydrogens (tertiary/aromatic N) is 1. The van der Waals surface area contributed by atoms with Crippen LogP contribution in [0, 0.1) is 5.92 Å². The van der Waals surface area contributed by atoms with Crippen molar-refractivity contribution in [3.05, 3.63) is 28.2 Å². The first kappa shape index (κ1) is 16.5. The van der Waals surface area contributed by atoms with Crippen LogP contribution in [0.15, 0.2) is 22.7 Å². The lowest BCUT2D eigenvalue weighted by Crippen LogP contribution is -2.20. The predicted octanol–water partition coefficient (Wildman–Crippen LogP) is 4.43. The van der Waals surface area contributed by atoms with Crippen LogP contribution < -0.4 is 10.2 Å². The molecule has 0 atom stereocenters. The Kier molecular flexibility index (Phi) is 7.47. The summed E-state index contributed by atoms with van der Waals surface area (Å²) in [7, 11) is 2.17. The van der Waals surface area contributed by atoms with Crippen LogP contribution in [0.25, 0.3) is 0 Å². The minimum atomic E-state index is 0.753. The summed E-state index contributed by atoms with van der Waals surface area (Å²) in [6.07, 6.45) is 2.40. The van der Waals surface area contributed by atoms with E-state index in [4.69, 9.17) is 0 Å². The molecule has 3 heteroatoms. The van der Waals surface area contributed by atoms with Gasteiger partial charge in [-0.25, -0.2) is 0 Å². The first-order valence-electron chi connectivity index (χ1n) is 7.24. The zero-order valence-electron chi connectivity index (χ0n) is 12.7. The van der Waals surface area contributed by atoms with Crippen LogP contribution in [0.4, 0.5) is 5.69 Å². The van der Waals surface area contributed by atoms with Crippen LogP contribution >= 0.6 is 15.9 Å². The minimum absolute atomic E-state index is 0.753. The highest BCUT2D eigenvalue weighted by Crippen LogP contribution is 2.24. The number of hydrogen-bond acceptors (Lipinski definition) is 2. The van der Waals surface area contributed by atoms with Crippen molar-refractivity contribution in [2.75, 3.05) is 25.0 Å². The second-order valence-electron chi connectivity index (χ2n) is 5.56. The smallest absolute Gasteiger partial charge is 0.0375 e. The molecule has 0 saturated heterocycles. The summed E-state index contributed by atoms with van der Waals surface area (Å²) < 4.78 is 1.20. The molecule has 108 valence electrons. The van der Waals surface area contributed by atoms with Gasteiger partial charge in [0.1, 0.15) is 0 Å². The van der Waals surface area contributed by atoms with Crippen LogP contribution in [0.5, 0.6) is 0 Å². The van der Waals surface area contributed by atoms with E-state index in [1.165, 1.54) is 28.6 Å². The van der Waals surface area contributed by atoms with Gasteiger partial charge in [0.15, 0.2) is 0 Å². The molecule has 0 spiro atoms. The van der Waals surface area contributed by atoms with E-state index in [0.29, 0.717) is 0 Å². The Hall–Kier alpha value is -0.540. The summed E-state index contributed by atoms with van der Waals surface area (Å²) in [5.41, 5.74) is 2.61. The number of rotatable bonds is 8. The Morgan fingerprint density at radius 3 is 2.63 bits per heavy atom. The average Bonchev–Trinajstić information content (AvgIpc) is 2.38. The molecule has 0 radical (unpaired) electrons. The second-order valence-corrected chi connectivity index (χ2v) is 6.41. The Morgan fingerprint density at radius 1 is 1.32 bits per heavy atom.